The van der Waals surface area contributed by atoms with E-state index in [0.717, 1.165) is 9.37 Å². The number of carbonyl (C=O) groups excluding carboxylic acids is 1. The largest absolute Gasteiger partial charge is 0.480 e. The fourth-order valence-electron chi connectivity index (χ4n) is 1.92. The Morgan fingerprint density at radius 1 is 1.44 bits per heavy atom. The summed E-state index contributed by atoms with van der Waals surface area (Å²) in [7, 11) is 0. The highest BCUT2D eigenvalue weighted by Gasteiger charge is 2.39. The summed E-state index contributed by atoms with van der Waals surface area (Å²) in [5.74, 6) is -1.59. The molecule has 0 saturated carbocycles. The lowest BCUT2D eigenvalue weighted by molar-refractivity contribution is -0.141. The molecule has 96 valence electrons. The molecule has 2 rings (SSSR count). The molecule has 1 saturated heterocycles. The van der Waals surface area contributed by atoms with Crippen LogP contribution in [0, 0.1) is 0 Å². The molecule has 2 N–H and O–H groups in total. The van der Waals surface area contributed by atoms with Gasteiger partial charge in [0.15, 0.2) is 0 Å². The van der Waals surface area contributed by atoms with Crippen molar-refractivity contribution in [1.82, 2.24) is 9.88 Å². The van der Waals surface area contributed by atoms with Crippen molar-refractivity contribution in [1.29, 1.82) is 0 Å². The van der Waals surface area contributed by atoms with Gasteiger partial charge in [-0.2, -0.15) is 0 Å². The highest BCUT2D eigenvalue weighted by molar-refractivity contribution is 9.10. The monoisotopic (exact) mass is 314 g/mol. The lowest BCUT2D eigenvalue weighted by Crippen LogP contribution is -2.40. The van der Waals surface area contributed by atoms with Crippen LogP contribution < -0.4 is 0 Å². The second-order valence-electron chi connectivity index (χ2n) is 4.06. The van der Waals surface area contributed by atoms with Crippen molar-refractivity contribution >= 4 is 27.8 Å². The van der Waals surface area contributed by atoms with Gasteiger partial charge in [-0.25, -0.2) is 9.78 Å². The van der Waals surface area contributed by atoms with Gasteiger partial charge in [0.25, 0.3) is 5.91 Å². The average molecular weight is 315 g/mol. The molecule has 0 bridgehead atoms. The van der Waals surface area contributed by atoms with Gasteiger partial charge in [0.2, 0.25) is 0 Å². The summed E-state index contributed by atoms with van der Waals surface area (Å²) in [6.45, 7) is 0.0214. The number of carboxylic acid groups (broad SMARTS) is 1. The lowest BCUT2D eigenvalue weighted by Gasteiger charge is -2.20. The van der Waals surface area contributed by atoms with E-state index in [0.29, 0.717) is 0 Å². The number of β-amino-alcohol motifs (C(OH)–C–C–N with tert-alkyl or cyclic N) is 1. The van der Waals surface area contributed by atoms with Crippen molar-refractivity contribution in [2.45, 2.75) is 18.6 Å². The van der Waals surface area contributed by atoms with Gasteiger partial charge in [0.1, 0.15) is 11.7 Å². The number of aliphatic hydroxyl groups is 1. The molecule has 0 aromatic carbocycles. The van der Waals surface area contributed by atoms with E-state index in [1.54, 1.807) is 6.07 Å². The zero-order valence-electron chi connectivity index (χ0n) is 9.28. The van der Waals surface area contributed by atoms with Crippen LogP contribution in [0.3, 0.4) is 0 Å². The number of aliphatic carboxylic acids is 1. The van der Waals surface area contributed by atoms with E-state index in [9.17, 15) is 14.7 Å². The Morgan fingerprint density at radius 2 is 2.17 bits per heavy atom. The molecule has 2 atom stereocenters. The number of aromatic nitrogens is 1. The Morgan fingerprint density at radius 3 is 2.72 bits per heavy atom. The minimum Gasteiger partial charge on any atom is -0.480 e. The van der Waals surface area contributed by atoms with Crippen LogP contribution in [0.1, 0.15) is 16.9 Å². The fourth-order valence-corrected chi connectivity index (χ4v) is 2.16. The lowest BCUT2D eigenvalue weighted by atomic mass is 10.2. The van der Waals surface area contributed by atoms with E-state index < -0.39 is 24.0 Å². The highest BCUT2D eigenvalue weighted by atomic mass is 79.9. The first kappa shape index (κ1) is 13.0. The normalized spacial score (nSPS) is 23.1. The van der Waals surface area contributed by atoms with E-state index in [4.69, 9.17) is 5.11 Å². The number of halogens is 1. The first-order valence-corrected chi connectivity index (χ1v) is 6.11. The summed E-state index contributed by atoms with van der Waals surface area (Å²) in [5, 5.41) is 18.5. The predicted octanol–water partition coefficient (Wildman–Crippen LogP) is 0.504. The van der Waals surface area contributed by atoms with Crippen LogP contribution in [0.5, 0.6) is 0 Å². The first-order chi connectivity index (χ1) is 8.49. The van der Waals surface area contributed by atoms with Gasteiger partial charge >= 0.3 is 5.97 Å². The maximum atomic E-state index is 12.1. The molecule has 0 aliphatic carbocycles. The molecule has 0 spiro atoms. The van der Waals surface area contributed by atoms with Crippen LogP contribution in [0.4, 0.5) is 0 Å². The van der Waals surface area contributed by atoms with Crippen LogP contribution in [0.15, 0.2) is 22.8 Å². The van der Waals surface area contributed by atoms with Gasteiger partial charge in [-0.1, -0.05) is 0 Å². The van der Waals surface area contributed by atoms with Crippen LogP contribution in [-0.2, 0) is 4.79 Å². The molecule has 1 aliphatic heterocycles. The third-order valence-electron chi connectivity index (χ3n) is 2.77. The molecule has 7 heteroatoms. The second kappa shape index (κ2) is 5.03. The number of hydrogen-bond donors (Lipinski definition) is 2. The second-order valence-corrected chi connectivity index (χ2v) is 4.98. The van der Waals surface area contributed by atoms with Crippen molar-refractivity contribution in [3.63, 3.8) is 0 Å². The first-order valence-electron chi connectivity index (χ1n) is 5.32. The molecule has 0 radical (unpaired) electrons. The predicted molar refractivity (Wildman–Crippen MR) is 65.0 cm³/mol. The number of hydrogen-bond acceptors (Lipinski definition) is 4. The zero-order chi connectivity index (χ0) is 13.3. The quantitative estimate of drug-likeness (QED) is 0.829. The van der Waals surface area contributed by atoms with Crippen molar-refractivity contribution < 1.29 is 19.8 Å². The smallest absolute Gasteiger partial charge is 0.326 e. The molecule has 1 aliphatic rings. The molecule has 0 unspecified atom stereocenters. The zero-order valence-corrected chi connectivity index (χ0v) is 10.9. The Bertz CT molecular complexity index is 476. The maximum Gasteiger partial charge on any atom is 0.326 e. The summed E-state index contributed by atoms with van der Waals surface area (Å²) >= 11 is 3.20. The fraction of sp³-hybridized carbons (Fsp3) is 0.364. The van der Waals surface area contributed by atoms with Gasteiger partial charge < -0.3 is 15.1 Å². The van der Waals surface area contributed by atoms with E-state index in [1.807, 2.05) is 0 Å². The van der Waals surface area contributed by atoms with Crippen LogP contribution in [-0.4, -0.2) is 50.7 Å². The minimum atomic E-state index is -1.11. The van der Waals surface area contributed by atoms with Crippen molar-refractivity contribution in [2.24, 2.45) is 0 Å². The van der Waals surface area contributed by atoms with Crippen LogP contribution >= 0.6 is 15.9 Å². The Labute approximate surface area is 111 Å². The number of pyridine rings is 1. The Balaban J connectivity index is 2.22. The summed E-state index contributed by atoms with van der Waals surface area (Å²) in [6, 6.07) is 2.18. The van der Waals surface area contributed by atoms with E-state index in [-0.39, 0.29) is 18.7 Å². The molecular formula is C11H11BrN2O4. The molecule has 1 amide bonds. The molecule has 2 heterocycles. The van der Waals surface area contributed by atoms with Crippen LogP contribution in [0.25, 0.3) is 0 Å². The van der Waals surface area contributed by atoms with Gasteiger partial charge in [0, 0.05) is 23.6 Å². The van der Waals surface area contributed by atoms with Gasteiger partial charge in [-0.05, 0) is 28.1 Å². The molecule has 1 aromatic rings. The van der Waals surface area contributed by atoms with Crippen LogP contribution in [0.2, 0.25) is 0 Å². The number of aliphatic hydroxyl groups excluding tert-OH is 1. The summed E-state index contributed by atoms with van der Waals surface area (Å²) in [4.78, 5) is 28.2. The SMILES string of the molecule is O=C(O)[C@@H]1C[C@@H](O)CN1C(=O)c1ccc(Br)cn1. The Kier molecular flexibility index (Phi) is 3.63. The average Bonchev–Trinajstić information content (AvgIpc) is 2.71. The van der Waals surface area contributed by atoms with Crippen molar-refractivity contribution in [2.75, 3.05) is 6.54 Å². The number of amides is 1. The summed E-state index contributed by atoms with van der Waals surface area (Å²) in [6.07, 6.45) is 0.720. The third kappa shape index (κ3) is 2.51. The van der Waals surface area contributed by atoms with Crippen molar-refractivity contribution in [3.8, 4) is 0 Å². The molecule has 1 fully saturated rings. The molecule has 18 heavy (non-hydrogen) atoms. The standard InChI is InChI=1S/C11H11BrN2O4/c12-6-1-2-8(13-4-6)10(16)14-5-7(15)3-9(14)11(17)18/h1-2,4,7,9,15H,3,5H2,(H,17,18)/t7-,9+/m1/s1. The highest BCUT2D eigenvalue weighted by Crippen LogP contribution is 2.20. The molecular weight excluding hydrogens is 304 g/mol. The number of nitrogens with zero attached hydrogens (tertiary/aromatic N) is 2. The minimum absolute atomic E-state index is 0.0214. The number of carbonyl (C=O) groups is 2. The van der Waals surface area contributed by atoms with Gasteiger partial charge in [-0.3, -0.25) is 4.79 Å². The summed E-state index contributed by atoms with van der Waals surface area (Å²) < 4.78 is 0.732. The topological polar surface area (TPSA) is 90.7 Å². The van der Waals surface area contributed by atoms with Gasteiger partial charge in [0.05, 0.1) is 6.10 Å². The van der Waals surface area contributed by atoms with E-state index in [1.165, 1.54) is 12.3 Å². The van der Waals surface area contributed by atoms with E-state index in [2.05, 4.69) is 20.9 Å². The van der Waals surface area contributed by atoms with Crippen molar-refractivity contribution in [3.05, 3.63) is 28.5 Å². The van der Waals surface area contributed by atoms with Gasteiger partial charge in [-0.15, -0.1) is 0 Å². The number of carboxylic acids is 1. The summed E-state index contributed by atoms with van der Waals surface area (Å²) in [5.41, 5.74) is 0.165. The maximum absolute atomic E-state index is 12.1. The van der Waals surface area contributed by atoms with E-state index >= 15 is 0 Å². The Hall–Kier alpha value is -1.47. The molecule has 6 nitrogen and oxygen atoms in total. The third-order valence-corrected chi connectivity index (χ3v) is 3.24. The molecule has 1 aromatic heterocycles. The number of rotatable bonds is 2. The number of likely N-dealkylation sites (tertiary alicyclic amines) is 1.